The van der Waals surface area contributed by atoms with E-state index < -0.39 is 0 Å². The maximum Gasteiger partial charge on any atom is 0.123 e. The Bertz CT molecular complexity index is 712. The van der Waals surface area contributed by atoms with E-state index in [9.17, 15) is 9.65 Å². The maximum atomic E-state index is 13.0. The van der Waals surface area contributed by atoms with E-state index in [-0.39, 0.29) is 5.82 Å². The fourth-order valence-electron chi connectivity index (χ4n) is 1.99. The lowest BCUT2D eigenvalue weighted by atomic mass is 9.98. The topological polar surface area (TPSA) is 79.1 Å². The first-order valence-electron chi connectivity index (χ1n) is 6.26. The summed E-state index contributed by atoms with van der Waals surface area (Å²) in [6, 6.07) is 13.5. The van der Waals surface area contributed by atoms with E-state index in [4.69, 9.17) is 11.6 Å². The van der Waals surface area contributed by atoms with Gasteiger partial charge in [0.2, 0.25) is 0 Å². The van der Waals surface area contributed by atoms with Gasteiger partial charge in [-0.3, -0.25) is 0 Å². The van der Waals surface area contributed by atoms with Crippen LogP contribution in [-0.2, 0) is 0 Å². The standard InChI is InChI=1S/C16H15FN4/c1-21(20)10-16(19)15-8-12(2-3-13(15)9-18)11-4-6-14(17)7-5-11/h2-8,10H,19-20H2,1H3/b16-10-. The van der Waals surface area contributed by atoms with Crippen molar-refractivity contribution in [2.75, 3.05) is 7.05 Å². The molecule has 0 saturated carbocycles. The van der Waals surface area contributed by atoms with Crippen LogP contribution in [0.3, 0.4) is 0 Å². The van der Waals surface area contributed by atoms with E-state index in [2.05, 4.69) is 6.07 Å². The Hall–Kier alpha value is -2.84. The highest BCUT2D eigenvalue weighted by Gasteiger charge is 2.08. The van der Waals surface area contributed by atoms with Crippen molar-refractivity contribution in [1.82, 2.24) is 5.01 Å². The molecule has 0 saturated heterocycles. The molecule has 5 heteroatoms. The van der Waals surface area contributed by atoms with Gasteiger partial charge in [0, 0.05) is 18.8 Å². The number of rotatable bonds is 3. The minimum atomic E-state index is -0.295. The molecule has 4 N–H and O–H groups in total. The molecular formula is C16H15FN4. The molecule has 0 radical (unpaired) electrons. The first-order valence-corrected chi connectivity index (χ1v) is 6.26. The number of nitrogens with zero attached hydrogens (tertiary/aromatic N) is 2. The lowest BCUT2D eigenvalue weighted by molar-refractivity contribution is 0.486. The van der Waals surface area contributed by atoms with Gasteiger partial charge >= 0.3 is 0 Å². The van der Waals surface area contributed by atoms with Crippen molar-refractivity contribution in [3.8, 4) is 17.2 Å². The molecule has 0 aliphatic heterocycles. The van der Waals surface area contributed by atoms with Gasteiger partial charge in [0.05, 0.1) is 17.3 Å². The number of hydrazine groups is 1. The molecule has 0 aliphatic rings. The summed E-state index contributed by atoms with van der Waals surface area (Å²) in [4.78, 5) is 0. The summed E-state index contributed by atoms with van der Waals surface area (Å²) >= 11 is 0. The van der Waals surface area contributed by atoms with Gasteiger partial charge in [-0.05, 0) is 35.4 Å². The van der Waals surface area contributed by atoms with Crippen LogP contribution in [0.5, 0.6) is 0 Å². The van der Waals surface area contributed by atoms with Crippen LogP contribution in [0.25, 0.3) is 16.8 Å². The van der Waals surface area contributed by atoms with E-state index in [0.29, 0.717) is 16.8 Å². The fourth-order valence-corrected chi connectivity index (χ4v) is 1.99. The van der Waals surface area contributed by atoms with E-state index >= 15 is 0 Å². The van der Waals surface area contributed by atoms with Gasteiger partial charge in [-0.1, -0.05) is 18.2 Å². The second-order valence-corrected chi connectivity index (χ2v) is 4.63. The van der Waals surface area contributed by atoms with Crippen molar-refractivity contribution < 1.29 is 4.39 Å². The second-order valence-electron chi connectivity index (χ2n) is 4.63. The Morgan fingerprint density at radius 1 is 1.19 bits per heavy atom. The van der Waals surface area contributed by atoms with Crippen LogP contribution in [0.2, 0.25) is 0 Å². The Kier molecular flexibility index (Phi) is 4.21. The van der Waals surface area contributed by atoms with Gasteiger partial charge in [-0.25, -0.2) is 10.2 Å². The summed E-state index contributed by atoms with van der Waals surface area (Å²) in [7, 11) is 1.64. The smallest absolute Gasteiger partial charge is 0.123 e. The van der Waals surface area contributed by atoms with Crippen LogP contribution in [0.1, 0.15) is 11.1 Å². The SMILES string of the molecule is CN(N)/C=C(\N)c1cc(-c2ccc(F)cc2)ccc1C#N. The van der Waals surface area contributed by atoms with Crippen molar-refractivity contribution in [2.45, 2.75) is 0 Å². The van der Waals surface area contributed by atoms with Gasteiger partial charge in [0.1, 0.15) is 5.82 Å². The number of hydrogen-bond donors (Lipinski definition) is 2. The van der Waals surface area contributed by atoms with Crippen LogP contribution in [0.4, 0.5) is 4.39 Å². The first kappa shape index (κ1) is 14.6. The average molecular weight is 282 g/mol. The minimum absolute atomic E-state index is 0.295. The molecular weight excluding hydrogens is 267 g/mol. The van der Waals surface area contributed by atoms with Crippen molar-refractivity contribution in [2.24, 2.45) is 11.6 Å². The van der Waals surface area contributed by atoms with Gasteiger partial charge in [0.15, 0.2) is 0 Å². The molecule has 0 bridgehead atoms. The Morgan fingerprint density at radius 2 is 1.81 bits per heavy atom. The molecule has 0 atom stereocenters. The zero-order valence-corrected chi connectivity index (χ0v) is 11.5. The lowest BCUT2D eigenvalue weighted by Crippen LogP contribution is -2.20. The van der Waals surface area contributed by atoms with Crippen molar-refractivity contribution in [3.63, 3.8) is 0 Å². The van der Waals surface area contributed by atoms with Crippen LogP contribution < -0.4 is 11.6 Å². The zero-order chi connectivity index (χ0) is 15.4. The van der Waals surface area contributed by atoms with Gasteiger partial charge in [-0.15, -0.1) is 0 Å². The molecule has 0 unspecified atom stereocenters. The molecule has 2 aromatic rings. The Morgan fingerprint density at radius 3 is 2.38 bits per heavy atom. The van der Waals surface area contributed by atoms with E-state index in [1.54, 1.807) is 37.4 Å². The largest absolute Gasteiger partial charge is 0.397 e. The normalized spacial score (nSPS) is 11.0. The number of benzene rings is 2. The highest BCUT2D eigenvalue weighted by atomic mass is 19.1. The minimum Gasteiger partial charge on any atom is -0.397 e. The van der Waals surface area contributed by atoms with Crippen LogP contribution in [0, 0.1) is 17.1 Å². The monoisotopic (exact) mass is 282 g/mol. The quantitative estimate of drug-likeness (QED) is 0.669. The van der Waals surface area contributed by atoms with Crippen LogP contribution in [0.15, 0.2) is 48.7 Å². The van der Waals surface area contributed by atoms with Gasteiger partial charge in [-0.2, -0.15) is 5.26 Å². The third-order valence-corrected chi connectivity index (χ3v) is 2.97. The van der Waals surface area contributed by atoms with Crippen molar-refractivity contribution in [1.29, 1.82) is 5.26 Å². The molecule has 0 aromatic heterocycles. The summed E-state index contributed by atoms with van der Waals surface area (Å²) in [6.45, 7) is 0. The summed E-state index contributed by atoms with van der Waals surface area (Å²) < 4.78 is 13.0. The van der Waals surface area contributed by atoms with E-state index in [1.165, 1.54) is 23.3 Å². The molecule has 2 rings (SSSR count). The molecule has 0 fully saturated rings. The van der Waals surface area contributed by atoms with Crippen LogP contribution in [-0.4, -0.2) is 12.1 Å². The Balaban J connectivity index is 2.52. The first-order chi connectivity index (χ1) is 10.0. The fraction of sp³-hybridized carbons (Fsp3) is 0.0625. The number of nitriles is 1. The van der Waals surface area contributed by atoms with E-state index in [1.807, 2.05) is 0 Å². The van der Waals surface area contributed by atoms with Crippen LogP contribution >= 0.6 is 0 Å². The Labute approximate surface area is 122 Å². The molecule has 0 heterocycles. The summed E-state index contributed by atoms with van der Waals surface area (Å²) in [5.41, 5.74) is 9.10. The second kappa shape index (κ2) is 6.07. The highest BCUT2D eigenvalue weighted by Crippen LogP contribution is 2.25. The maximum absolute atomic E-state index is 13.0. The molecule has 2 aromatic carbocycles. The zero-order valence-electron chi connectivity index (χ0n) is 11.5. The summed E-state index contributed by atoms with van der Waals surface area (Å²) in [5.74, 6) is 5.25. The molecule has 21 heavy (non-hydrogen) atoms. The van der Waals surface area contributed by atoms with Crippen molar-refractivity contribution >= 4 is 5.70 Å². The lowest BCUT2D eigenvalue weighted by Gasteiger charge is -2.11. The van der Waals surface area contributed by atoms with E-state index in [0.717, 1.165) is 11.1 Å². The molecule has 0 aliphatic carbocycles. The molecule has 0 spiro atoms. The third kappa shape index (κ3) is 3.38. The molecule has 4 nitrogen and oxygen atoms in total. The number of nitrogens with two attached hydrogens (primary N) is 2. The number of halogens is 1. The summed E-state index contributed by atoms with van der Waals surface area (Å²) in [6.07, 6.45) is 1.53. The van der Waals surface area contributed by atoms with Gasteiger partial charge in [0.25, 0.3) is 0 Å². The van der Waals surface area contributed by atoms with Gasteiger partial charge < -0.3 is 10.7 Å². The third-order valence-electron chi connectivity index (χ3n) is 2.97. The predicted molar refractivity (Wildman–Crippen MR) is 80.7 cm³/mol. The molecule has 0 amide bonds. The molecule has 106 valence electrons. The number of hydrogen-bond acceptors (Lipinski definition) is 4. The highest BCUT2D eigenvalue weighted by molar-refractivity contribution is 5.75. The van der Waals surface area contributed by atoms with Crippen molar-refractivity contribution in [3.05, 3.63) is 65.6 Å². The summed E-state index contributed by atoms with van der Waals surface area (Å²) in [5, 5.41) is 10.5. The predicted octanol–water partition coefficient (Wildman–Crippen LogP) is 2.43. The average Bonchev–Trinajstić information content (AvgIpc) is 2.46.